The highest BCUT2D eigenvalue weighted by Gasteiger charge is 2.14. The average Bonchev–Trinajstić information content (AvgIpc) is 2.50. The third kappa shape index (κ3) is 4.37. The van der Waals surface area contributed by atoms with Crippen LogP contribution >= 0.6 is 0 Å². The molecule has 0 fully saturated rings. The number of benzene rings is 2. The van der Waals surface area contributed by atoms with Crippen molar-refractivity contribution in [2.24, 2.45) is 0 Å². The summed E-state index contributed by atoms with van der Waals surface area (Å²) >= 11 is 0. The van der Waals surface area contributed by atoms with Gasteiger partial charge in [0.25, 0.3) is 5.69 Å². The van der Waals surface area contributed by atoms with Crippen LogP contribution in [-0.2, 0) is 16.4 Å². The Balaban J connectivity index is 1.99. The van der Waals surface area contributed by atoms with Crippen molar-refractivity contribution in [2.45, 2.75) is 25.2 Å². The molecular formula is C16H18N2O4S. The monoisotopic (exact) mass is 334 g/mol. The van der Waals surface area contributed by atoms with Crippen molar-refractivity contribution in [3.63, 3.8) is 0 Å². The molecule has 0 radical (unpaired) electrons. The Bertz CT molecular complexity index is 814. The SMILES string of the molecule is Cc1ccc(S(=O)(=O)NCCc2ccc([N+](=O)[O-])cc2)cc1C. The maximum atomic E-state index is 12.2. The second kappa shape index (κ2) is 6.89. The van der Waals surface area contributed by atoms with Crippen LogP contribution in [0.15, 0.2) is 47.4 Å². The number of nitro benzene ring substituents is 1. The lowest BCUT2D eigenvalue weighted by Gasteiger charge is -2.08. The molecular weight excluding hydrogens is 316 g/mol. The van der Waals surface area contributed by atoms with E-state index in [1.807, 2.05) is 13.8 Å². The zero-order valence-electron chi connectivity index (χ0n) is 12.9. The van der Waals surface area contributed by atoms with Crippen LogP contribution < -0.4 is 4.72 Å². The Hall–Kier alpha value is -2.25. The van der Waals surface area contributed by atoms with E-state index in [0.29, 0.717) is 6.42 Å². The van der Waals surface area contributed by atoms with Crippen LogP contribution in [0.2, 0.25) is 0 Å². The summed E-state index contributed by atoms with van der Waals surface area (Å²) in [5.74, 6) is 0. The molecule has 7 heteroatoms. The lowest BCUT2D eigenvalue weighted by molar-refractivity contribution is -0.384. The fraction of sp³-hybridized carbons (Fsp3) is 0.250. The van der Waals surface area contributed by atoms with Gasteiger partial charge in [0.2, 0.25) is 10.0 Å². The normalized spacial score (nSPS) is 11.4. The Labute approximate surface area is 135 Å². The molecule has 0 amide bonds. The summed E-state index contributed by atoms with van der Waals surface area (Å²) in [5.41, 5.74) is 2.81. The first-order valence-corrected chi connectivity index (χ1v) is 8.58. The highest BCUT2D eigenvalue weighted by molar-refractivity contribution is 7.89. The third-order valence-electron chi connectivity index (χ3n) is 3.64. The summed E-state index contributed by atoms with van der Waals surface area (Å²) in [4.78, 5) is 10.4. The van der Waals surface area contributed by atoms with Crippen LogP contribution in [0, 0.1) is 24.0 Å². The van der Waals surface area contributed by atoms with Crippen molar-refractivity contribution >= 4 is 15.7 Å². The second-order valence-electron chi connectivity index (χ2n) is 5.32. The molecule has 122 valence electrons. The molecule has 0 saturated carbocycles. The number of rotatable bonds is 6. The van der Waals surface area contributed by atoms with Gasteiger partial charge in [0, 0.05) is 18.7 Å². The van der Waals surface area contributed by atoms with Crippen LogP contribution in [-0.4, -0.2) is 19.9 Å². The van der Waals surface area contributed by atoms with Gasteiger partial charge in [-0.25, -0.2) is 13.1 Å². The van der Waals surface area contributed by atoms with Crippen LogP contribution in [0.1, 0.15) is 16.7 Å². The molecule has 0 aliphatic heterocycles. The quantitative estimate of drug-likeness (QED) is 0.650. The zero-order chi connectivity index (χ0) is 17.0. The molecule has 1 N–H and O–H groups in total. The molecule has 0 aliphatic carbocycles. The van der Waals surface area contributed by atoms with E-state index in [9.17, 15) is 18.5 Å². The topological polar surface area (TPSA) is 89.3 Å². The predicted molar refractivity (Wildman–Crippen MR) is 87.9 cm³/mol. The van der Waals surface area contributed by atoms with Crippen LogP contribution in [0.25, 0.3) is 0 Å². The summed E-state index contributed by atoms with van der Waals surface area (Å²) in [5, 5.41) is 10.6. The van der Waals surface area contributed by atoms with Gasteiger partial charge in [-0.1, -0.05) is 18.2 Å². The van der Waals surface area contributed by atoms with Gasteiger partial charge in [-0.15, -0.1) is 0 Å². The number of aryl methyl sites for hydroxylation is 2. The van der Waals surface area contributed by atoms with E-state index in [2.05, 4.69) is 4.72 Å². The van der Waals surface area contributed by atoms with E-state index in [1.54, 1.807) is 30.3 Å². The fourth-order valence-electron chi connectivity index (χ4n) is 2.08. The molecule has 0 saturated heterocycles. The summed E-state index contributed by atoms with van der Waals surface area (Å²) in [7, 11) is -3.55. The van der Waals surface area contributed by atoms with Crippen LogP contribution in [0.5, 0.6) is 0 Å². The van der Waals surface area contributed by atoms with Crippen molar-refractivity contribution in [1.29, 1.82) is 0 Å². The summed E-state index contributed by atoms with van der Waals surface area (Å²) < 4.78 is 27.0. The van der Waals surface area contributed by atoms with Crippen molar-refractivity contribution in [1.82, 2.24) is 4.72 Å². The molecule has 2 aromatic rings. The van der Waals surface area contributed by atoms with Gasteiger partial charge in [-0.2, -0.15) is 0 Å². The van der Waals surface area contributed by atoms with Crippen LogP contribution in [0.3, 0.4) is 0 Å². The smallest absolute Gasteiger partial charge is 0.258 e. The van der Waals surface area contributed by atoms with E-state index in [-0.39, 0.29) is 17.1 Å². The highest BCUT2D eigenvalue weighted by Crippen LogP contribution is 2.15. The van der Waals surface area contributed by atoms with E-state index in [1.165, 1.54) is 12.1 Å². The minimum absolute atomic E-state index is 0.0180. The molecule has 0 atom stereocenters. The van der Waals surface area contributed by atoms with Gasteiger partial charge in [-0.3, -0.25) is 10.1 Å². The minimum Gasteiger partial charge on any atom is -0.258 e. The van der Waals surface area contributed by atoms with Gasteiger partial charge >= 0.3 is 0 Å². The molecule has 0 heterocycles. The van der Waals surface area contributed by atoms with Crippen LogP contribution in [0.4, 0.5) is 5.69 Å². The van der Waals surface area contributed by atoms with Crippen molar-refractivity contribution in [3.05, 3.63) is 69.3 Å². The molecule has 2 aromatic carbocycles. The Morgan fingerprint density at radius 3 is 2.26 bits per heavy atom. The first-order chi connectivity index (χ1) is 10.8. The summed E-state index contributed by atoms with van der Waals surface area (Å²) in [6.07, 6.45) is 0.460. The van der Waals surface area contributed by atoms with Gasteiger partial charge in [0.1, 0.15) is 0 Å². The second-order valence-corrected chi connectivity index (χ2v) is 7.08. The number of non-ortho nitro benzene ring substituents is 1. The summed E-state index contributed by atoms with van der Waals surface area (Å²) in [6, 6.07) is 11.1. The summed E-state index contributed by atoms with van der Waals surface area (Å²) in [6.45, 7) is 4.02. The van der Waals surface area contributed by atoms with Crippen molar-refractivity contribution in [2.75, 3.05) is 6.54 Å². The van der Waals surface area contributed by atoms with Crippen molar-refractivity contribution < 1.29 is 13.3 Å². The highest BCUT2D eigenvalue weighted by atomic mass is 32.2. The van der Waals surface area contributed by atoms with E-state index < -0.39 is 14.9 Å². The number of nitrogens with zero attached hydrogens (tertiary/aromatic N) is 1. The molecule has 0 aliphatic rings. The predicted octanol–water partition coefficient (Wildman–Crippen LogP) is 2.73. The Morgan fingerprint density at radius 2 is 1.70 bits per heavy atom. The zero-order valence-corrected chi connectivity index (χ0v) is 13.8. The lowest BCUT2D eigenvalue weighted by atomic mass is 10.1. The van der Waals surface area contributed by atoms with E-state index >= 15 is 0 Å². The Kier molecular flexibility index (Phi) is 5.12. The average molecular weight is 334 g/mol. The van der Waals surface area contributed by atoms with E-state index in [4.69, 9.17) is 0 Å². The van der Waals surface area contributed by atoms with E-state index in [0.717, 1.165) is 16.7 Å². The minimum atomic E-state index is -3.55. The van der Waals surface area contributed by atoms with Gasteiger partial charge in [0.05, 0.1) is 9.82 Å². The lowest BCUT2D eigenvalue weighted by Crippen LogP contribution is -2.26. The Morgan fingerprint density at radius 1 is 1.04 bits per heavy atom. The van der Waals surface area contributed by atoms with Crippen molar-refractivity contribution in [3.8, 4) is 0 Å². The first kappa shape index (κ1) is 17.1. The number of sulfonamides is 1. The molecule has 0 spiro atoms. The standard InChI is InChI=1S/C16H18N2O4S/c1-12-3-8-16(11-13(12)2)23(21,22)17-10-9-14-4-6-15(7-5-14)18(19)20/h3-8,11,17H,9-10H2,1-2H3. The maximum Gasteiger partial charge on any atom is 0.269 e. The number of nitrogens with one attached hydrogen (secondary N) is 1. The maximum absolute atomic E-state index is 12.2. The van der Waals surface area contributed by atoms with Gasteiger partial charge in [0.15, 0.2) is 0 Å². The molecule has 0 unspecified atom stereocenters. The fourth-order valence-corrected chi connectivity index (χ4v) is 3.20. The number of hydrogen-bond acceptors (Lipinski definition) is 4. The molecule has 2 rings (SSSR count). The molecule has 0 aromatic heterocycles. The molecule has 23 heavy (non-hydrogen) atoms. The van der Waals surface area contributed by atoms with Gasteiger partial charge in [-0.05, 0) is 49.1 Å². The first-order valence-electron chi connectivity index (χ1n) is 7.10. The molecule has 6 nitrogen and oxygen atoms in total. The number of nitro groups is 1. The largest absolute Gasteiger partial charge is 0.269 e. The third-order valence-corrected chi connectivity index (χ3v) is 5.10. The number of hydrogen-bond donors (Lipinski definition) is 1. The molecule has 0 bridgehead atoms. The van der Waals surface area contributed by atoms with Gasteiger partial charge < -0.3 is 0 Å².